The van der Waals surface area contributed by atoms with Gasteiger partial charge in [0.15, 0.2) is 0 Å². The highest BCUT2D eigenvalue weighted by atomic mass is 16.5. The number of unbranched alkanes of at least 4 members (excludes halogenated alkanes) is 5. The van der Waals surface area contributed by atoms with Crippen LogP contribution in [0.4, 0.5) is 11.4 Å². The lowest BCUT2D eigenvalue weighted by molar-refractivity contribution is 0.155. The SMILES string of the molecule is CCCCCCCCOC1=CC=C(O)CC1(c1ccc(N(CC)CC)cc1OCC)c1ccc(N(CC)CC)cc1OCC. The van der Waals surface area contributed by atoms with E-state index in [4.69, 9.17) is 14.2 Å². The number of nitrogens with zero attached hydrogens (tertiary/aromatic N) is 2. The van der Waals surface area contributed by atoms with E-state index in [2.05, 4.69) is 80.8 Å². The predicted molar refractivity (Wildman–Crippen MR) is 186 cm³/mol. The monoisotopic (exact) mass is 606 g/mol. The Balaban J connectivity index is 2.23. The Labute approximate surface area is 267 Å². The van der Waals surface area contributed by atoms with Gasteiger partial charge in [0.25, 0.3) is 0 Å². The Kier molecular flexibility index (Phi) is 14.3. The van der Waals surface area contributed by atoms with Crippen LogP contribution >= 0.6 is 0 Å². The summed E-state index contributed by atoms with van der Waals surface area (Å²) in [4.78, 5) is 4.65. The number of aliphatic hydroxyl groups excluding tert-OH is 1. The largest absolute Gasteiger partial charge is 0.512 e. The molecule has 1 aliphatic carbocycles. The van der Waals surface area contributed by atoms with Crippen LogP contribution in [-0.4, -0.2) is 51.1 Å². The number of anilines is 2. The first-order valence-electron chi connectivity index (χ1n) is 17.2. The smallest absolute Gasteiger partial charge is 0.125 e. The maximum Gasteiger partial charge on any atom is 0.125 e. The molecular weight excluding hydrogens is 548 g/mol. The predicted octanol–water partition coefficient (Wildman–Crippen LogP) is 9.57. The highest BCUT2D eigenvalue weighted by molar-refractivity contribution is 5.66. The van der Waals surface area contributed by atoms with Crippen molar-refractivity contribution in [3.8, 4) is 11.5 Å². The Morgan fingerprint density at radius 2 is 1.14 bits per heavy atom. The molecule has 244 valence electrons. The molecule has 0 saturated carbocycles. The number of benzene rings is 2. The summed E-state index contributed by atoms with van der Waals surface area (Å²) in [5, 5.41) is 11.2. The molecule has 0 aromatic heterocycles. The van der Waals surface area contributed by atoms with Crippen LogP contribution in [0.5, 0.6) is 11.5 Å². The average molecular weight is 607 g/mol. The first-order chi connectivity index (χ1) is 21.4. The number of aliphatic hydroxyl groups is 1. The van der Waals surface area contributed by atoms with E-state index in [1.54, 1.807) is 6.08 Å². The average Bonchev–Trinajstić information content (AvgIpc) is 3.03. The molecule has 6 heteroatoms. The van der Waals surface area contributed by atoms with Crippen molar-refractivity contribution < 1.29 is 19.3 Å². The van der Waals surface area contributed by atoms with Gasteiger partial charge in [0.1, 0.15) is 17.3 Å². The molecule has 2 aromatic rings. The van der Waals surface area contributed by atoms with Crippen LogP contribution in [0.1, 0.15) is 105 Å². The van der Waals surface area contributed by atoms with E-state index in [1.807, 2.05) is 19.9 Å². The van der Waals surface area contributed by atoms with Crippen molar-refractivity contribution >= 4 is 11.4 Å². The van der Waals surface area contributed by atoms with Crippen LogP contribution in [0.2, 0.25) is 0 Å². The number of rotatable bonds is 20. The standard InChI is InChI=1S/C38H58N2O4/c1-8-15-16-17-18-19-26-44-37-25-22-32(41)29-38(37,33-23-20-30(39(9-2)10-3)27-35(33)42-13-6)34-24-21-31(40(11-4)12-5)28-36(34)43-14-7/h20-25,27-28,41H,8-19,26,29H2,1-7H3. The summed E-state index contributed by atoms with van der Waals surface area (Å²) < 4.78 is 19.6. The summed E-state index contributed by atoms with van der Waals surface area (Å²) in [6.45, 7) is 20.3. The molecule has 0 radical (unpaired) electrons. The van der Waals surface area contributed by atoms with Gasteiger partial charge in [-0.3, -0.25) is 0 Å². The van der Waals surface area contributed by atoms with E-state index in [9.17, 15) is 5.11 Å². The lowest BCUT2D eigenvalue weighted by Crippen LogP contribution is -2.35. The minimum atomic E-state index is -0.834. The minimum Gasteiger partial charge on any atom is -0.512 e. The molecule has 0 aliphatic heterocycles. The van der Waals surface area contributed by atoms with Crippen molar-refractivity contribution in [1.29, 1.82) is 0 Å². The summed E-state index contributed by atoms with van der Waals surface area (Å²) in [5.41, 5.74) is 3.35. The summed E-state index contributed by atoms with van der Waals surface area (Å²) in [7, 11) is 0. The second-order valence-corrected chi connectivity index (χ2v) is 11.5. The van der Waals surface area contributed by atoms with Gasteiger partial charge in [-0.15, -0.1) is 0 Å². The van der Waals surface area contributed by atoms with E-state index in [0.29, 0.717) is 32.0 Å². The summed E-state index contributed by atoms with van der Waals surface area (Å²) in [5.74, 6) is 2.73. The Morgan fingerprint density at radius 1 is 0.636 bits per heavy atom. The Hall–Kier alpha value is -3.28. The van der Waals surface area contributed by atoms with Crippen LogP contribution in [-0.2, 0) is 10.2 Å². The molecule has 0 unspecified atom stereocenters. The van der Waals surface area contributed by atoms with Gasteiger partial charge in [-0.1, -0.05) is 51.2 Å². The van der Waals surface area contributed by atoms with Gasteiger partial charge >= 0.3 is 0 Å². The fraction of sp³-hybridized carbons (Fsp3) is 0.579. The van der Waals surface area contributed by atoms with Crippen molar-refractivity contribution in [2.24, 2.45) is 0 Å². The van der Waals surface area contributed by atoms with Crippen LogP contribution in [0.15, 0.2) is 60.1 Å². The number of hydrogen-bond donors (Lipinski definition) is 1. The zero-order chi connectivity index (χ0) is 32.0. The molecule has 0 heterocycles. The van der Waals surface area contributed by atoms with Crippen LogP contribution < -0.4 is 19.3 Å². The quantitative estimate of drug-likeness (QED) is 0.152. The first-order valence-corrected chi connectivity index (χ1v) is 17.2. The second-order valence-electron chi connectivity index (χ2n) is 11.5. The first kappa shape index (κ1) is 35.2. The third-order valence-electron chi connectivity index (χ3n) is 8.76. The van der Waals surface area contributed by atoms with Crippen molar-refractivity contribution in [2.75, 3.05) is 55.8 Å². The maximum absolute atomic E-state index is 11.2. The van der Waals surface area contributed by atoms with Gasteiger partial charge in [-0.2, -0.15) is 0 Å². The van der Waals surface area contributed by atoms with Crippen LogP contribution in [0.3, 0.4) is 0 Å². The van der Waals surface area contributed by atoms with Crippen molar-refractivity contribution in [1.82, 2.24) is 0 Å². The van der Waals surface area contributed by atoms with Gasteiger partial charge in [-0.25, -0.2) is 0 Å². The molecule has 6 nitrogen and oxygen atoms in total. The van der Waals surface area contributed by atoms with Crippen molar-refractivity contribution in [2.45, 2.75) is 98.8 Å². The normalized spacial score (nSPS) is 14.1. The molecular formula is C38H58N2O4. The van der Waals surface area contributed by atoms with Crippen LogP contribution in [0.25, 0.3) is 0 Å². The van der Waals surface area contributed by atoms with E-state index < -0.39 is 5.41 Å². The molecule has 0 spiro atoms. The van der Waals surface area contributed by atoms with Gasteiger partial charge in [0.05, 0.1) is 31.0 Å². The summed E-state index contributed by atoms with van der Waals surface area (Å²) >= 11 is 0. The lowest BCUT2D eigenvalue weighted by Gasteiger charge is -2.40. The van der Waals surface area contributed by atoms with E-state index in [0.717, 1.165) is 78.8 Å². The number of allylic oxidation sites excluding steroid dienone is 4. The molecule has 0 saturated heterocycles. The molecule has 0 fully saturated rings. The molecule has 0 amide bonds. The third-order valence-corrected chi connectivity index (χ3v) is 8.76. The molecule has 2 aromatic carbocycles. The highest BCUT2D eigenvalue weighted by Gasteiger charge is 2.46. The topological polar surface area (TPSA) is 54.4 Å². The zero-order valence-electron chi connectivity index (χ0n) is 28.6. The van der Waals surface area contributed by atoms with Crippen LogP contribution in [0, 0.1) is 0 Å². The zero-order valence-corrected chi connectivity index (χ0v) is 28.6. The van der Waals surface area contributed by atoms with Crippen molar-refractivity contribution in [3.63, 3.8) is 0 Å². The Bertz CT molecular complexity index is 1150. The molecule has 0 atom stereocenters. The molecule has 1 aliphatic rings. The van der Waals surface area contributed by atoms with Gasteiger partial charge in [0, 0.05) is 67.2 Å². The Morgan fingerprint density at radius 3 is 1.61 bits per heavy atom. The minimum absolute atomic E-state index is 0.308. The number of hydrogen-bond acceptors (Lipinski definition) is 6. The fourth-order valence-electron chi connectivity index (χ4n) is 6.42. The lowest BCUT2D eigenvalue weighted by atomic mass is 9.67. The summed E-state index contributed by atoms with van der Waals surface area (Å²) in [6, 6.07) is 13.0. The van der Waals surface area contributed by atoms with E-state index in [1.165, 1.54) is 25.7 Å². The fourth-order valence-corrected chi connectivity index (χ4v) is 6.42. The summed E-state index contributed by atoms with van der Waals surface area (Å²) in [6.07, 6.45) is 11.3. The van der Waals surface area contributed by atoms with Gasteiger partial charge < -0.3 is 29.1 Å². The molecule has 0 bridgehead atoms. The number of ether oxygens (including phenoxy) is 3. The molecule has 3 rings (SSSR count). The third kappa shape index (κ3) is 8.25. The maximum atomic E-state index is 11.2. The second kappa shape index (κ2) is 17.9. The van der Waals surface area contributed by atoms with Gasteiger partial charge in [-0.05, 0) is 72.2 Å². The van der Waals surface area contributed by atoms with E-state index >= 15 is 0 Å². The molecule has 1 N–H and O–H groups in total. The van der Waals surface area contributed by atoms with Crippen molar-refractivity contribution in [3.05, 3.63) is 71.2 Å². The molecule has 44 heavy (non-hydrogen) atoms. The van der Waals surface area contributed by atoms with E-state index in [-0.39, 0.29) is 0 Å². The highest BCUT2D eigenvalue weighted by Crippen LogP contribution is 2.53. The van der Waals surface area contributed by atoms with Gasteiger partial charge in [0.2, 0.25) is 0 Å².